The van der Waals surface area contributed by atoms with Gasteiger partial charge < -0.3 is 14.2 Å². The number of nitriles is 1. The van der Waals surface area contributed by atoms with Crippen LogP contribution in [0.25, 0.3) is 10.9 Å². The maximum absolute atomic E-state index is 9.66. The van der Waals surface area contributed by atoms with Gasteiger partial charge in [-0.3, -0.25) is 0 Å². The van der Waals surface area contributed by atoms with Crippen LogP contribution in [0, 0.1) is 11.3 Å². The van der Waals surface area contributed by atoms with E-state index in [1.165, 1.54) is 119 Å². The summed E-state index contributed by atoms with van der Waals surface area (Å²) in [6.45, 7) is 6.72. The topological polar surface area (TPSA) is 41.2 Å². The molecule has 1 saturated heterocycles. The summed E-state index contributed by atoms with van der Waals surface area (Å²) in [7, 11) is 0. The summed E-state index contributed by atoms with van der Waals surface area (Å²) in [6.07, 6.45) is 24.6. The van der Waals surface area contributed by atoms with Gasteiger partial charge in [-0.1, -0.05) is 121 Å². The standard InChI is InChI=1S/C34H55N3O/c1-3-4-5-6-7-8-9-10-11-12-13-14-15-16-17-20-26-36-33-23-19-18-22-31(33)29-34(36)37(27-25-35)32-24-21-28-38-30(32)2/h18-19,22-23,29-30,32H,3-17,20-21,24,26-28H2,1-2H3. The number of para-hydroxylation sites is 1. The van der Waals surface area contributed by atoms with E-state index in [4.69, 9.17) is 4.74 Å². The molecule has 212 valence electrons. The first-order chi connectivity index (χ1) is 18.8. The van der Waals surface area contributed by atoms with Gasteiger partial charge in [0.1, 0.15) is 12.4 Å². The summed E-state index contributed by atoms with van der Waals surface area (Å²) in [6, 6.07) is 13.7. The second-order valence-electron chi connectivity index (χ2n) is 11.6. The van der Waals surface area contributed by atoms with Crippen molar-refractivity contribution in [3.63, 3.8) is 0 Å². The van der Waals surface area contributed by atoms with E-state index in [1.807, 2.05) is 0 Å². The van der Waals surface area contributed by atoms with Crippen molar-refractivity contribution in [1.82, 2.24) is 4.57 Å². The third-order valence-corrected chi connectivity index (χ3v) is 8.53. The van der Waals surface area contributed by atoms with E-state index in [1.54, 1.807) is 0 Å². The van der Waals surface area contributed by atoms with E-state index in [0.717, 1.165) is 26.0 Å². The molecule has 38 heavy (non-hydrogen) atoms. The van der Waals surface area contributed by atoms with E-state index < -0.39 is 0 Å². The molecule has 1 aliphatic rings. The van der Waals surface area contributed by atoms with E-state index in [2.05, 4.69) is 59.7 Å². The fourth-order valence-electron chi connectivity index (χ4n) is 6.25. The molecule has 4 nitrogen and oxygen atoms in total. The van der Waals surface area contributed by atoms with Gasteiger partial charge in [0.05, 0.1) is 18.2 Å². The van der Waals surface area contributed by atoms with Crippen LogP contribution >= 0.6 is 0 Å². The van der Waals surface area contributed by atoms with Gasteiger partial charge in [0.2, 0.25) is 0 Å². The molecule has 2 atom stereocenters. The van der Waals surface area contributed by atoms with Gasteiger partial charge in [-0.05, 0) is 38.3 Å². The molecule has 4 heteroatoms. The Kier molecular flexibility index (Phi) is 14.7. The second-order valence-corrected chi connectivity index (χ2v) is 11.6. The van der Waals surface area contributed by atoms with Crippen LogP contribution in [-0.4, -0.2) is 29.9 Å². The van der Waals surface area contributed by atoms with E-state index in [9.17, 15) is 5.26 Å². The van der Waals surface area contributed by atoms with Gasteiger partial charge in [-0.15, -0.1) is 0 Å². The number of hydrogen-bond acceptors (Lipinski definition) is 3. The minimum absolute atomic E-state index is 0.152. The normalized spacial score (nSPS) is 17.6. The number of rotatable bonds is 20. The molecular formula is C34H55N3O. The van der Waals surface area contributed by atoms with E-state index >= 15 is 0 Å². The zero-order valence-electron chi connectivity index (χ0n) is 24.6. The number of benzene rings is 1. The third-order valence-electron chi connectivity index (χ3n) is 8.53. The highest BCUT2D eigenvalue weighted by molar-refractivity contribution is 5.85. The van der Waals surface area contributed by atoms with Gasteiger partial charge in [0, 0.05) is 24.1 Å². The monoisotopic (exact) mass is 521 g/mol. The van der Waals surface area contributed by atoms with Crippen LogP contribution in [0.1, 0.15) is 129 Å². The first-order valence-electron chi connectivity index (χ1n) is 16.1. The number of unbranched alkanes of at least 4 members (excludes halogenated alkanes) is 15. The molecular weight excluding hydrogens is 466 g/mol. The summed E-state index contributed by atoms with van der Waals surface area (Å²) in [5, 5.41) is 10.9. The summed E-state index contributed by atoms with van der Waals surface area (Å²) in [4.78, 5) is 2.32. The molecule has 1 fully saturated rings. The summed E-state index contributed by atoms with van der Waals surface area (Å²) in [5.74, 6) is 1.19. The molecule has 1 aliphatic heterocycles. The zero-order valence-corrected chi connectivity index (χ0v) is 24.6. The Balaban J connectivity index is 1.37. The highest BCUT2D eigenvalue weighted by Gasteiger charge is 2.30. The molecule has 0 N–H and O–H groups in total. The number of nitrogens with zero attached hydrogens (tertiary/aromatic N) is 3. The van der Waals surface area contributed by atoms with E-state index in [0.29, 0.717) is 6.54 Å². The lowest BCUT2D eigenvalue weighted by Gasteiger charge is -2.38. The fraction of sp³-hybridized carbons (Fsp3) is 0.735. The van der Waals surface area contributed by atoms with Gasteiger partial charge in [0.15, 0.2) is 0 Å². The average molecular weight is 522 g/mol. The number of aryl methyl sites for hydroxylation is 1. The van der Waals surface area contributed by atoms with Crippen LogP contribution in [0.2, 0.25) is 0 Å². The number of anilines is 1. The van der Waals surface area contributed by atoms with Crippen molar-refractivity contribution in [2.45, 2.75) is 148 Å². The molecule has 0 amide bonds. The van der Waals surface area contributed by atoms with Gasteiger partial charge in [0.25, 0.3) is 0 Å². The molecule has 0 saturated carbocycles. The lowest BCUT2D eigenvalue weighted by Crippen LogP contribution is -2.47. The smallest absolute Gasteiger partial charge is 0.110 e. The van der Waals surface area contributed by atoms with Crippen molar-refractivity contribution < 1.29 is 4.74 Å². The van der Waals surface area contributed by atoms with E-state index in [-0.39, 0.29) is 12.1 Å². The van der Waals surface area contributed by atoms with Gasteiger partial charge in [-0.2, -0.15) is 5.26 Å². The van der Waals surface area contributed by atoms with Crippen LogP contribution < -0.4 is 4.90 Å². The minimum Gasteiger partial charge on any atom is -0.376 e. The molecule has 0 spiro atoms. The van der Waals surface area contributed by atoms with Crippen molar-refractivity contribution in [3.05, 3.63) is 30.3 Å². The van der Waals surface area contributed by atoms with Gasteiger partial charge >= 0.3 is 0 Å². The van der Waals surface area contributed by atoms with Crippen molar-refractivity contribution in [2.24, 2.45) is 0 Å². The molecule has 0 aliphatic carbocycles. The molecule has 1 aromatic heterocycles. The lowest BCUT2D eigenvalue weighted by molar-refractivity contribution is 0.0116. The zero-order chi connectivity index (χ0) is 26.8. The SMILES string of the molecule is CCCCCCCCCCCCCCCCCCn1c(N(CC#N)C2CCCOC2C)cc2ccccc21. The average Bonchev–Trinajstić information content (AvgIpc) is 3.30. The second kappa shape index (κ2) is 18.3. The molecule has 0 radical (unpaired) electrons. The highest BCUT2D eigenvalue weighted by atomic mass is 16.5. The van der Waals surface area contributed by atoms with Crippen molar-refractivity contribution in [1.29, 1.82) is 5.26 Å². The first-order valence-corrected chi connectivity index (χ1v) is 16.1. The number of hydrogen-bond donors (Lipinski definition) is 0. The Morgan fingerprint density at radius 1 is 0.868 bits per heavy atom. The van der Waals surface area contributed by atoms with Crippen molar-refractivity contribution in [3.8, 4) is 6.07 Å². The Morgan fingerprint density at radius 3 is 2.03 bits per heavy atom. The van der Waals surface area contributed by atoms with Crippen LogP contribution in [-0.2, 0) is 11.3 Å². The summed E-state index contributed by atoms with van der Waals surface area (Å²) in [5.41, 5.74) is 1.29. The maximum atomic E-state index is 9.66. The highest BCUT2D eigenvalue weighted by Crippen LogP contribution is 2.32. The van der Waals surface area contributed by atoms with Crippen LogP contribution in [0.4, 0.5) is 5.82 Å². The quantitative estimate of drug-likeness (QED) is 0.129. The maximum Gasteiger partial charge on any atom is 0.110 e. The summed E-state index contributed by atoms with van der Waals surface area (Å²) >= 11 is 0. The molecule has 2 unspecified atom stereocenters. The fourth-order valence-corrected chi connectivity index (χ4v) is 6.25. The Bertz CT molecular complexity index is 929. The Labute approximate surface area is 233 Å². The third kappa shape index (κ3) is 9.96. The minimum atomic E-state index is 0.152. The van der Waals surface area contributed by atoms with Crippen molar-refractivity contribution >= 4 is 16.7 Å². The molecule has 1 aromatic carbocycles. The number of fused-ring (bicyclic) bond motifs is 1. The van der Waals surface area contributed by atoms with Crippen molar-refractivity contribution in [2.75, 3.05) is 18.1 Å². The number of aromatic nitrogens is 1. The molecule has 2 aromatic rings. The first kappa shape index (κ1) is 30.6. The van der Waals surface area contributed by atoms with Crippen LogP contribution in [0.5, 0.6) is 0 Å². The molecule has 3 rings (SSSR count). The van der Waals surface area contributed by atoms with Crippen LogP contribution in [0.3, 0.4) is 0 Å². The Hall–Kier alpha value is -1.99. The lowest BCUT2D eigenvalue weighted by atomic mass is 10.0. The predicted octanol–water partition coefficient (Wildman–Crippen LogP) is 9.80. The Morgan fingerprint density at radius 2 is 1.45 bits per heavy atom. The summed E-state index contributed by atoms with van der Waals surface area (Å²) < 4.78 is 8.46. The van der Waals surface area contributed by atoms with Crippen LogP contribution in [0.15, 0.2) is 30.3 Å². The predicted molar refractivity (Wildman–Crippen MR) is 163 cm³/mol. The number of ether oxygens (including phenoxy) is 1. The largest absolute Gasteiger partial charge is 0.376 e. The van der Waals surface area contributed by atoms with Gasteiger partial charge in [-0.25, -0.2) is 0 Å². The molecule has 2 heterocycles. The molecule has 0 bridgehead atoms.